The first-order valence-corrected chi connectivity index (χ1v) is 6.65. The Hall–Kier alpha value is -1.81. The molecule has 0 radical (unpaired) electrons. The van der Waals surface area contributed by atoms with Gasteiger partial charge in [0.15, 0.2) is 0 Å². The van der Waals surface area contributed by atoms with Crippen LogP contribution in [-0.2, 0) is 6.42 Å². The molecule has 0 aliphatic carbocycles. The number of nitrogens with one attached hydrogen (secondary N) is 1. The molecule has 0 saturated carbocycles. The number of hydrogen-bond donors (Lipinski definition) is 1. The molecule has 0 spiro atoms. The van der Waals surface area contributed by atoms with Crippen molar-refractivity contribution in [3.05, 3.63) is 36.2 Å². The summed E-state index contributed by atoms with van der Waals surface area (Å²) in [6.07, 6.45) is 3.95. The molecule has 1 saturated heterocycles. The van der Waals surface area contributed by atoms with Crippen LogP contribution in [0.25, 0.3) is 11.1 Å². The fourth-order valence-electron chi connectivity index (χ4n) is 2.59. The lowest BCUT2D eigenvalue weighted by Crippen LogP contribution is -2.10. The van der Waals surface area contributed by atoms with Gasteiger partial charge in [0.25, 0.3) is 0 Å². The van der Waals surface area contributed by atoms with Crippen molar-refractivity contribution in [3.63, 3.8) is 0 Å². The van der Waals surface area contributed by atoms with Gasteiger partial charge in [-0.1, -0.05) is 17.3 Å². The van der Waals surface area contributed by atoms with Crippen LogP contribution in [0.1, 0.15) is 12.2 Å². The predicted octanol–water partition coefficient (Wildman–Crippen LogP) is 2.50. The Labute approximate surface area is 112 Å². The standard InChI is InChI=1S/C15H18N2O2/c1-18-13-4-2-3-12(8-13)14-10-17-19-15(14)7-11-5-6-16-9-11/h2-4,8,10-11,16H,5-7,9H2,1H3. The molecule has 0 bridgehead atoms. The van der Waals surface area contributed by atoms with Crippen molar-refractivity contribution < 1.29 is 9.26 Å². The molecule has 1 unspecified atom stereocenters. The minimum atomic E-state index is 0.650. The molecule has 4 heteroatoms. The van der Waals surface area contributed by atoms with Gasteiger partial charge in [0.1, 0.15) is 11.5 Å². The van der Waals surface area contributed by atoms with Crippen molar-refractivity contribution in [2.75, 3.05) is 20.2 Å². The van der Waals surface area contributed by atoms with Gasteiger partial charge in [0.05, 0.1) is 13.3 Å². The van der Waals surface area contributed by atoms with E-state index in [0.717, 1.165) is 42.1 Å². The van der Waals surface area contributed by atoms with Crippen molar-refractivity contribution in [1.29, 1.82) is 0 Å². The van der Waals surface area contributed by atoms with E-state index in [1.165, 1.54) is 6.42 Å². The fourth-order valence-corrected chi connectivity index (χ4v) is 2.59. The van der Waals surface area contributed by atoms with Crippen LogP contribution < -0.4 is 10.1 Å². The van der Waals surface area contributed by atoms with Gasteiger partial charge in [-0.25, -0.2) is 0 Å². The molecule has 1 aromatic carbocycles. The quantitative estimate of drug-likeness (QED) is 0.915. The van der Waals surface area contributed by atoms with E-state index in [1.54, 1.807) is 13.3 Å². The minimum Gasteiger partial charge on any atom is -0.497 e. The highest BCUT2D eigenvalue weighted by Crippen LogP contribution is 2.29. The van der Waals surface area contributed by atoms with Crippen LogP contribution in [0.5, 0.6) is 5.75 Å². The highest BCUT2D eigenvalue weighted by molar-refractivity contribution is 5.66. The number of nitrogens with zero attached hydrogens (tertiary/aromatic N) is 1. The maximum atomic E-state index is 5.44. The molecule has 4 nitrogen and oxygen atoms in total. The maximum absolute atomic E-state index is 5.44. The van der Waals surface area contributed by atoms with Crippen LogP contribution in [0.3, 0.4) is 0 Å². The summed E-state index contributed by atoms with van der Waals surface area (Å²) in [7, 11) is 1.68. The van der Waals surface area contributed by atoms with Crippen LogP contribution >= 0.6 is 0 Å². The summed E-state index contributed by atoms with van der Waals surface area (Å²) in [4.78, 5) is 0. The second-order valence-corrected chi connectivity index (χ2v) is 4.96. The second-order valence-electron chi connectivity index (χ2n) is 4.96. The summed E-state index contributed by atoms with van der Waals surface area (Å²) in [5.41, 5.74) is 2.17. The highest BCUT2D eigenvalue weighted by Gasteiger charge is 2.20. The monoisotopic (exact) mass is 258 g/mol. The van der Waals surface area contributed by atoms with Crippen LogP contribution in [0.4, 0.5) is 0 Å². The van der Waals surface area contributed by atoms with E-state index in [-0.39, 0.29) is 0 Å². The van der Waals surface area contributed by atoms with E-state index < -0.39 is 0 Å². The minimum absolute atomic E-state index is 0.650. The summed E-state index contributed by atoms with van der Waals surface area (Å²) in [6, 6.07) is 8.01. The Morgan fingerprint density at radius 2 is 2.42 bits per heavy atom. The highest BCUT2D eigenvalue weighted by atomic mass is 16.5. The van der Waals surface area contributed by atoms with E-state index in [1.807, 2.05) is 18.2 Å². The lowest BCUT2D eigenvalue weighted by atomic mass is 9.98. The van der Waals surface area contributed by atoms with Crippen molar-refractivity contribution >= 4 is 0 Å². The molecular formula is C15H18N2O2. The molecule has 1 aromatic heterocycles. The Balaban J connectivity index is 1.85. The number of methoxy groups -OCH3 is 1. The Morgan fingerprint density at radius 1 is 1.47 bits per heavy atom. The Morgan fingerprint density at radius 3 is 3.21 bits per heavy atom. The summed E-state index contributed by atoms with van der Waals surface area (Å²) < 4.78 is 10.7. The maximum Gasteiger partial charge on any atom is 0.144 e. The van der Waals surface area contributed by atoms with Gasteiger partial charge in [-0.2, -0.15) is 0 Å². The Kier molecular flexibility index (Phi) is 3.51. The van der Waals surface area contributed by atoms with Crippen LogP contribution in [0.2, 0.25) is 0 Å². The van der Waals surface area contributed by atoms with E-state index in [2.05, 4.69) is 16.5 Å². The fraction of sp³-hybridized carbons (Fsp3) is 0.400. The number of ether oxygens (including phenoxy) is 1. The molecule has 1 fully saturated rings. The smallest absolute Gasteiger partial charge is 0.144 e. The lowest BCUT2D eigenvalue weighted by Gasteiger charge is -2.07. The van der Waals surface area contributed by atoms with Gasteiger partial charge in [-0.3, -0.25) is 0 Å². The summed E-state index contributed by atoms with van der Waals surface area (Å²) >= 11 is 0. The first-order chi connectivity index (χ1) is 9.36. The summed E-state index contributed by atoms with van der Waals surface area (Å²) in [5.74, 6) is 2.48. The third-order valence-corrected chi connectivity index (χ3v) is 3.66. The van der Waals surface area contributed by atoms with Crippen molar-refractivity contribution in [3.8, 4) is 16.9 Å². The Bertz CT molecular complexity index is 545. The molecule has 100 valence electrons. The number of rotatable bonds is 4. The molecule has 1 N–H and O–H groups in total. The van der Waals surface area contributed by atoms with E-state index >= 15 is 0 Å². The van der Waals surface area contributed by atoms with Gasteiger partial charge in [-0.15, -0.1) is 0 Å². The van der Waals surface area contributed by atoms with Crippen LogP contribution in [-0.4, -0.2) is 25.4 Å². The molecular weight excluding hydrogens is 240 g/mol. The third kappa shape index (κ3) is 2.63. The molecule has 3 rings (SSSR count). The first-order valence-electron chi connectivity index (χ1n) is 6.65. The lowest BCUT2D eigenvalue weighted by molar-refractivity contribution is 0.364. The van der Waals surface area contributed by atoms with Crippen LogP contribution in [0, 0.1) is 5.92 Å². The molecule has 2 aromatic rings. The molecule has 2 heterocycles. The van der Waals surface area contributed by atoms with E-state index in [0.29, 0.717) is 5.92 Å². The van der Waals surface area contributed by atoms with Crippen molar-refractivity contribution in [2.24, 2.45) is 5.92 Å². The van der Waals surface area contributed by atoms with Gasteiger partial charge in [0, 0.05) is 12.0 Å². The topological polar surface area (TPSA) is 47.3 Å². The summed E-state index contributed by atoms with van der Waals surface area (Å²) in [5, 5.41) is 7.34. The SMILES string of the molecule is COc1cccc(-c2cnoc2CC2CCNC2)c1. The van der Waals surface area contributed by atoms with Crippen molar-refractivity contribution in [2.45, 2.75) is 12.8 Å². The van der Waals surface area contributed by atoms with E-state index in [4.69, 9.17) is 9.26 Å². The predicted molar refractivity (Wildman–Crippen MR) is 73.2 cm³/mol. The van der Waals surface area contributed by atoms with Gasteiger partial charge in [-0.05, 0) is 43.1 Å². The molecule has 19 heavy (non-hydrogen) atoms. The largest absolute Gasteiger partial charge is 0.497 e. The average molecular weight is 258 g/mol. The molecule has 1 atom stereocenters. The number of aromatic nitrogens is 1. The zero-order valence-electron chi connectivity index (χ0n) is 11.1. The van der Waals surface area contributed by atoms with Crippen LogP contribution in [0.15, 0.2) is 35.0 Å². The number of benzene rings is 1. The average Bonchev–Trinajstić information content (AvgIpc) is 3.11. The zero-order chi connectivity index (χ0) is 13.1. The van der Waals surface area contributed by atoms with Crippen molar-refractivity contribution in [1.82, 2.24) is 10.5 Å². The van der Waals surface area contributed by atoms with Gasteiger partial charge in [0.2, 0.25) is 0 Å². The second kappa shape index (κ2) is 5.45. The van der Waals surface area contributed by atoms with Gasteiger partial charge >= 0.3 is 0 Å². The normalized spacial score (nSPS) is 18.7. The third-order valence-electron chi connectivity index (χ3n) is 3.66. The first kappa shape index (κ1) is 12.2. The zero-order valence-corrected chi connectivity index (χ0v) is 11.1. The van der Waals surface area contributed by atoms with Gasteiger partial charge < -0.3 is 14.6 Å². The van der Waals surface area contributed by atoms with E-state index in [9.17, 15) is 0 Å². The summed E-state index contributed by atoms with van der Waals surface area (Å²) in [6.45, 7) is 2.17. The molecule has 1 aliphatic rings. The molecule has 0 amide bonds. The molecule has 1 aliphatic heterocycles. The number of hydrogen-bond acceptors (Lipinski definition) is 4.